The lowest BCUT2D eigenvalue weighted by Gasteiger charge is -2.09. The highest BCUT2D eigenvalue weighted by molar-refractivity contribution is 7.14. The summed E-state index contributed by atoms with van der Waals surface area (Å²) in [7, 11) is 0. The van der Waals surface area contributed by atoms with Crippen LogP contribution in [0.5, 0.6) is 5.75 Å². The predicted molar refractivity (Wildman–Crippen MR) is 164 cm³/mol. The molecule has 0 bridgehead atoms. The quantitative estimate of drug-likeness (QED) is 0.131. The second-order valence-corrected chi connectivity index (χ2v) is 9.88. The summed E-state index contributed by atoms with van der Waals surface area (Å²) < 4.78 is 5.57. The Balaban J connectivity index is 1.08. The maximum Gasteiger partial charge on any atom is 0.271 e. The van der Waals surface area contributed by atoms with Crippen LogP contribution < -0.4 is 20.8 Å². The third kappa shape index (κ3) is 7.65. The Morgan fingerprint density at radius 3 is 2.39 bits per heavy atom. The first-order valence-electron chi connectivity index (χ1n) is 12.8. The number of nitrogens with one attached hydrogen (secondary N) is 3. The van der Waals surface area contributed by atoms with Crippen molar-refractivity contribution in [1.82, 2.24) is 10.4 Å². The zero-order valence-electron chi connectivity index (χ0n) is 22.2. The Kier molecular flexibility index (Phi) is 8.78. The molecule has 1 heterocycles. The summed E-state index contributed by atoms with van der Waals surface area (Å²) in [5, 5.41) is 12.9. The van der Waals surface area contributed by atoms with Gasteiger partial charge in [0.2, 0.25) is 0 Å². The molecule has 2 amide bonds. The van der Waals surface area contributed by atoms with Gasteiger partial charge < -0.3 is 15.4 Å². The van der Waals surface area contributed by atoms with Gasteiger partial charge in [0, 0.05) is 27.9 Å². The SMILES string of the molecule is Cc1ccccc1NC(=O)COc1ccc(/C=N/NC(=O)c2ccc(-c3csc(Nc4ccccc4)n3)cc2)cc1. The number of benzene rings is 4. The molecule has 5 aromatic rings. The molecule has 0 unspecified atom stereocenters. The van der Waals surface area contributed by atoms with Gasteiger partial charge in [0.1, 0.15) is 5.75 Å². The van der Waals surface area contributed by atoms with Crippen molar-refractivity contribution in [3.8, 4) is 17.0 Å². The van der Waals surface area contributed by atoms with E-state index in [9.17, 15) is 9.59 Å². The fourth-order valence-electron chi connectivity index (χ4n) is 3.83. The highest BCUT2D eigenvalue weighted by atomic mass is 32.1. The number of aryl methyl sites for hydroxylation is 1. The van der Waals surface area contributed by atoms with E-state index in [4.69, 9.17) is 4.74 Å². The monoisotopic (exact) mass is 561 g/mol. The topological polar surface area (TPSA) is 105 Å². The van der Waals surface area contributed by atoms with Gasteiger partial charge in [-0.1, -0.05) is 48.5 Å². The minimum atomic E-state index is -0.322. The van der Waals surface area contributed by atoms with Gasteiger partial charge in [0.25, 0.3) is 11.8 Å². The first-order valence-corrected chi connectivity index (χ1v) is 13.7. The molecule has 1 aromatic heterocycles. The van der Waals surface area contributed by atoms with Crippen molar-refractivity contribution in [2.24, 2.45) is 5.10 Å². The van der Waals surface area contributed by atoms with E-state index in [1.165, 1.54) is 17.6 Å². The number of nitrogens with zero attached hydrogens (tertiary/aromatic N) is 2. The molecule has 0 saturated carbocycles. The fourth-order valence-corrected chi connectivity index (χ4v) is 4.57. The summed E-state index contributed by atoms with van der Waals surface area (Å²) >= 11 is 1.52. The van der Waals surface area contributed by atoms with Gasteiger partial charge in [-0.15, -0.1) is 11.3 Å². The zero-order chi connectivity index (χ0) is 28.4. The molecule has 0 spiro atoms. The van der Waals surface area contributed by atoms with Crippen molar-refractivity contribution in [2.45, 2.75) is 6.92 Å². The number of carbonyl (C=O) groups excluding carboxylic acids is 2. The molecule has 8 nitrogen and oxygen atoms in total. The lowest BCUT2D eigenvalue weighted by atomic mass is 10.1. The Labute approximate surface area is 241 Å². The van der Waals surface area contributed by atoms with E-state index in [0.717, 1.165) is 38.9 Å². The zero-order valence-corrected chi connectivity index (χ0v) is 23.0. The number of anilines is 3. The van der Waals surface area contributed by atoms with Crippen LogP contribution >= 0.6 is 11.3 Å². The molecule has 9 heteroatoms. The van der Waals surface area contributed by atoms with Crippen LogP contribution in [0.25, 0.3) is 11.3 Å². The number of ether oxygens (including phenoxy) is 1. The molecule has 0 saturated heterocycles. The van der Waals surface area contributed by atoms with Crippen LogP contribution in [0.4, 0.5) is 16.5 Å². The number of rotatable bonds is 10. The second kappa shape index (κ2) is 13.2. The summed E-state index contributed by atoms with van der Waals surface area (Å²) in [5.74, 6) is -0.0106. The van der Waals surface area contributed by atoms with Crippen molar-refractivity contribution >= 4 is 45.9 Å². The van der Waals surface area contributed by atoms with Gasteiger partial charge in [-0.3, -0.25) is 9.59 Å². The van der Waals surface area contributed by atoms with Crippen LogP contribution in [0.3, 0.4) is 0 Å². The lowest BCUT2D eigenvalue weighted by Crippen LogP contribution is -2.20. The van der Waals surface area contributed by atoms with Gasteiger partial charge in [-0.25, -0.2) is 10.4 Å². The number of amides is 2. The highest BCUT2D eigenvalue weighted by Gasteiger charge is 2.09. The maximum absolute atomic E-state index is 12.5. The van der Waals surface area contributed by atoms with Crippen LogP contribution in [0.1, 0.15) is 21.5 Å². The number of hydrazone groups is 1. The fraction of sp³-hybridized carbons (Fsp3) is 0.0625. The number of thiazole rings is 1. The molecule has 0 fully saturated rings. The van der Waals surface area contributed by atoms with Gasteiger partial charge in [-0.05, 0) is 72.6 Å². The molecule has 0 aliphatic rings. The molecule has 0 aliphatic carbocycles. The minimum absolute atomic E-state index is 0.106. The molecule has 0 aliphatic heterocycles. The Morgan fingerprint density at radius 1 is 0.902 bits per heavy atom. The van der Waals surface area contributed by atoms with Crippen LogP contribution in [0, 0.1) is 6.92 Å². The summed E-state index contributed by atoms with van der Waals surface area (Å²) in [4.78, 5) is 29.4. The molecule has 5 rings (SSSR count). The molecule has 4 aromatic carbocycles. The minimum Gasteiger partial charge on any atom is -0.484 e. The lowest BCUT2D eigenvalue weighted by molar-refractivity contribution is -0.118. The number of para-hydroxylation sites is 2. The van der Waals surface area contributed by atoms with E-state index in [1.54, 1.807) is 36.4 Å². The summed E-state index contributed by atoms with van der Waals surface area (Å²) in [5.41, 5.74) is 8.25. The highest BCUT2D eigenvalue weighted by Crippen LogP contribution is 2.27. The summed E-state index contributed by atoms with van der Waals surface area (Å²) in [6.45, 7) is 1.82. The molecule has 0 radical (unpaired) electrons. The average Bonchev–Trinajstić information content (AvgIpc) is 3.47. The molecular formula is C32H27N5O3S. The number of hydrogen-bond donors (Lipinski definition) is 3. The average molecular weight is 562 g/mol. The van der Waals surface area contributed by atoms with E-state index >= 15 is 0 Å². The van der Waals surface area contributed by atoms with Crippen LogP contribution in [0.15, 0.2) is 114 Å². The Bertz CT molecular complexity index is 1650. The van der Waals surface area contributed by atoms with Crippen molar-refractivity contribution < 1.29 is 14.3 Å². The van der Waals surface area contributed by atoms with E-state index in [1.807, 2.05) is 79.0 Å². The molecule has 41 heavy (non-hydrogen) atoms. The van der Waals surface area contributed by atoms with E-state index in [0.29, 0.717) is 11.3 Å². The largest absolute Gasteiger partial charge is 0.484 e. The van der Waals surface area contributed by atoms with Crippen molar-refractivity contribution in [3.05, 3.63) is 125 Å². The molecule has 3 N–H and O–H groups in total. The smallest absolute Gasteiger partial charge is 0.271 e. The molecular weight excluding hydrogens is 534 g/mol. The van der Waals surface area contributed by atoms with E-state index in [-0.39, 0.29) is 18.4 Å². The van der Waals surface area contributed by atoms with E-state index in [2.05, 4.69) is 26.1 Å². The van der Waals surface area contributed by atoms with Gasteiger partial charge in [0.05, 0.1) is 11.9 Å². The maximum atomic E-state index is 12.5. The van der Waals surface area contributed by atoms with Crippen LogP contribution in [-0.4, -0.2) is 29.6 Å². The van der Waals surface area contributed by atoms with Crippen molar-refractivity contribution in [2.75, 3.05) is 17.2 Å². The van der Waals surface area contributed by atoms with Crippen molar-refractivity contribution in [1.29, 1.82) is 0 Å². The Hall–Kier alpha value is -5.28. The Morgan fingerprint density at radius 2 is 1.63 bits per heavy atom. The standard InChI is InChI=1S/C32H27N5O3S/c1-22-7-5-6-10-28(22)35-30(38)20-40-27-17-11-23(12-18-27)19-33-37-31(39)25-15-13-24(14-16-25)29-21-41-32(36-29)34-26-8-3-2-4-9-26/h2-19,21H,20H2,1H3,(H,34,36)(H,35,38)(H,37,39)/b33-19+. The number of aromatic nitrogens is 1. The van der Waals surface area contributed by atoms with Crippen LogP contribution in [0.2, 0.25) is 0 Å². The summed E-state index contributed by atoms with van der Waals surface area (Å²) in [6.07, 6.45) is 1.54. The van der Waals surface area contributed by atoms with E-state index < -0.39 is 0 Å². The third-order valence-corrected chi connectivity index (χ3v) is 6.78. The molecule has 204 valence electrons. The van der Waals surface area contributed by atoms with Gasteiger partial charge in [0.15, 0.2) is 11.7 Å². The van der Waals surface area contributed by atoms with Gasteiger partial charge in [-0.2, -0.15) is 5.10 Å². The normalized spacial score (nSPS) is 10.8. The first-order chi connectivity index (χ1) is 20.0. The van der Waals surface area contributed by atoms with Crippen LogP contribution in [-0.2, 0) is 4.79 Å². The second-order valence-electron chi connectivity index (χ2n) is 9.03. The number of carbonyl (C=O) groups is 2. The first kappa shape index (κ1) is 27.3. The van der Waals surface area contributed by atoms with Gasteiger partial charge >= 0.3 is 0 Å². The van der Waals surface area contributed by atoms with Crippen molar-refractivity contribution in [3.63, 3.8) is 0 Å². The molecule has 0 atom stereocenters. The third-order valence-electron chi connectivity index (χ3n) is 6.02. The summed E-state index contributed by atoms with van der Waals surface area (Å²) in [6, 6.07) is 31.7. The predicted octanol–water partition coefficient (Wildman–Crippen LogP) is 6.64. The number of hydrogen-bond acceptors (Lipinski definition) is 7.